The van der Waals surface area contributed by atoms with E-state index in [1.165, 1.54) is 5.39 Å². The third-order valence-corrected chi connectivity index (χ3v) is 8.18. The molecule has 42 heavy (non-hydrogen) atoms. The van der Waals surface area contributed by atoms with Crippen LogP contribution >= 0.6 is 0 Å². The Balaban J connectivity index is 1.30. The SMILES string of the molecule is c1ccc(-c2nc(-c3cccc(-n4c5ccccc5c5cc6oc7ccccc7c6cc54)c3)nc3ccccc23)cc1. The second-order valence-corrected chi connectivity index (χ2v) is 10.6. The molecule has 0 aliphatic heterocycles. The van der Waals surface area contributed by atoms with Gasteiger partial charge in [-0.1, -0.05) is 97.1 Å². The fraction of sp³-hybridized carbons (Fsp3) is 0. The van der Waals surface area contributed by atoms with Crippen molar-refractivity contribution < 1.29 is 4.42 Å². The highest BCUT2D eigenvalue weighted by atomic mass is 16.3. The molecular formula is C38H23N3O. The first kappa shape index (κ1) is 23.0. The van der Waals surface area contributed by atoms with Crippen molar-refractivity contribution >= 4 is 54.6 Å². The summed E-state index contributed by atoms with van der Waals surface area (Å²) in [5, 5.41) is 5.63. The Morgan fingerprint density at radius 3 is 2.10 bits per heavy atom. The largest absolute Gasteiger partial charge is 0.456 e. The maximum Gasteiger partial charge on any atom is 0.160 e. The molecule has 6 aromatic carbocycles. The zero-order chi connectivity index (χ0) is 27.6. The van der Waals surface area contributed by atoms with Crippen LogP contribution in [-0.4, -0.2) is 14.5 Å². The molecule has 3 aromatic heterocycles. The lowest BCUT2D eigenvalue weighted by Gasteiger charge is -2.12. The van der Waals surface area contributed by atoms with E-state index in [1.54, 1.807) is 0 Å². The second kappa shape index (κ2) is 8.88. The number of hydrogen-bond acceptors (Lipinski definition) is 3. The lowest BCUT2D eigenvalue weighted by Crippen LogP contribution is -1.97. The van der Waals surface area contributed by atoms with Crippen LogP contribution < -0.4 is 0 Å². The summed E-state index contributed by atoms with van der Waals surface area (Å²) >= 11 is 0. The predicted octanol–water partition coefficient (Wildman–Crippen LogP) is 9.96. The highest BCUT2D eigenvalue weighted by Crippen LogP contribution is 2.38. The van der Waals surface area contributed by atoms with Crippen LogP contribution in [0, 0.1) is 0 Å². The molecule has 0 unspecified atom stereocenters. The Morgan fingerprint density at radius 1 is 0.452 bits per heavy atom. The van der Waals surface area contributed by atoms with Gasteiger partial charge in [-0.15, -0.1) is 0 Å². The molecule has 0 aliphatic rings. The standard InChI is InChI=1S/C38H23N3O/c1-2-11-24(12-3-1)37-29-17-4-7-18-32(29)39-38(40-37)25-13-10-14-26(21-25)41-33-19-8-5-15-27(33)30-23-36-31(22-34(30)41)28-16-6-9-20-35(28)42-36/h1-23H. The summed E-state index contributed by atoms with van der Waals surface area (Å²) in [4.78, 5) is 10.1. The zero-order valence-electron chi connectivity index (χ0n) is 22.5. The summed E-state index contributed by atoms with van der Waals surface area (Å²) in [6, 6.07) is 48.4. The third-order valence-electron chi connectivity index (χ3n) is 8.18. The van der Waals surface area contributed by atoms with Crippen LogP contribution in [0.15, 0.2) is 144 Å². The van der Waals surface area contributed by atoms with Crippen LogP contribution in [0.1, 0.15) is 0 Å². The van der Waals surface area contributed by atoms with Gasteiger partial charge in [0.2, 0.25) is 0 Å². The van der Waals surface area contributed by atoms with Crippen molar-refractivity contribution in [2.24, 2.45) is 0 Å². The number of benzene rings is 6. The monoisotopic (exact) mass is 537 g/mol. The van der Waals surface area contributed by atoms with Crippen molar-refractivity contribution in [1.29, 1.82) is 0 Å². The van der Waals surface area contributed by atoms with Crippen molar-refractivity contribution in [3.63, 3.8) is 0 Å². The molecule has 3 heterocycles. The first-order chi connectivity index (χ1) is 20.8. The molecule has 0 N–H and O–H groups in total. The molecular weight excluding hydrogens is 514 g/mol. The van der Waals surface area contributed by atoms with Crippen molar-refractivity contribution in [3.8, 4) is 28.3 Å². The van der Waals surface area contributed by atoms with Gasteiger partial charge in [0, 0.05) is 43.7 Å². The second-order valence-electron chi connectivity index (χ2n) is 10.6. The highest BCUT2D eigenvalue weighted by molar-refractivity contribution is 6.17. The van der Waals surface area contributed by atoms with Gasteiger partial charge in [-0.05, 0) is 42.5 Å². The quantitative estimate of drug-likeness (QED) is 0.225. The van der Waals surface area contributed by atoms with Crippen molar-refractivity contribution in [2.45, 2.75) is 0 Å². The van der Waals surface area contributed by atoms with E-state index in [-0.39, 0.29) is 0 Å². The van der Waals surface area contributed by atoms with Gasteiger partial charge >= 0.3 is 0 Å². The van der Waals surface area contributed by atoms with Crippen LogP contribution in [-0.2, 0) is 0 Å². The third kappa shape index (κ3) is 3.42. The Kier molecular flexibility index (Phi) is 4.87. The fourth-order valence-electron chi connectivity index (χ4n) is 6.27. The van der Waals surface area contributed by atoms with Gasteiger partial charge in [0.05, 0.1) is 22.2 Å². The average molecular weight is 538 g/mol. The lowest BCUT2D eigenvalue weighted by molar-refractivity contribution is 0.669. The van der Waals surface area contributed by atoms with Gasteiger partial charge in [-0.25, -0.2) is 9.97 Å². The summed E-state index contributed by atoms with van der Waals surface area (Å²) in [7, 11) is 0. The van der Waals surface area contributed by atoms with Gasteiger partial charge in [0.25, 0.3) is 0 Å². The van der Waals surface area contributed by atoms with Gasteiger partial charge < -0.3 is 8.98 Å². The Labute approximate surface area is 241 Å². The molecule has 9 rings (SSSR count). The van der Waals surface area contributed by atoms with Crippen LogP contribution in [0.4, 0.5) is 0 Å². The molecule has 0 saturated heterocycles. The Hall–Kier alpha value is -5.74. The summed E-state index contributed by atoms with van der Waals surface area (Å²) in [5.41, 5.74) is 9.06. The fourth-order valence-corrected chi connectivity index (χ4v) is 6.27. The summed E-state index contributed by atoms with van der Waals surface area (Å²) in [6.07, 6.45) is 0. The maximum atomic E-state index is 6.26. The molecule has 0 spiro atoms. The molecule has 0 saturated carbocycles. The average Bonchev–Trinajstić information content (AvgIpc) is 3.58. The minimum Gasteiger partial charge on any atom is -0.456 e. The molecule has 4 heteroatoms. The number of fused-ring (bicyclic) bond motifs is 7. The summed E-state index contributed by atoms with van der Waals surface area (Å²) in [5.74, 6) is 0.707. The van der Waals surface area contributed by atoms with E-state index in [9.17, 15) is 0 Å². The van der Waals surface area contributed by atoms with Crippen molar-refractivity contribution in [3.05, 3.63) is 140 Å². The molecule has 9 aromatic rings. The number of furan rings is 1. The molecule has 0 fully saturated rings. The molecule has 0 radical (unpaired) electrons. The van der Waals surface area contributed by atoms with Crippen LogP contribution in [0.25, 0.3) is 83.0 Å². The van der Waals surface area contributed by atoms with E-state index in [4.69, 9.17) is 14.4 Å². The van der Waals surface area contributed by atoms with E-state index in [0.717, 1.165) is 71.8 Å². The Morgan fingerprint density at radius 2 is 1.19 bits per heavy atom. The maximum absolute atomic E-state index is 6.26. The van der Waals surface area contributed by atoms with Gasteiger partial charge in [0.1, 0.15) is 11.2 Å². The predicted molar refractivity (Wildman–Crippen MR) is 172 cm³/mol. The number of nitrogens with zero attached hydrogens (tertiary/aromatic N) is 3. The first-order valence-corrected chi connectivity index (χ1v) is 14.1. The smallest absolute Gasteiger partial charge is 0.160 e. The normalized spacial score (nSPS) is 11.8. The van der Waals surface area contributed by atoms with Crippen LogP contribution in [0.3, 0.4) is 0 Å². The summed E-state index contributed by atoms with van der Waals surface area (Å²) < 4.78 is 8.60. The van der Waals surface area contributed by atoms with E-state index in [2.05, 4.69) is 114 Å². The minimum absolute atomic E-state index is 0.707. The molecule has 0 atom stereocenters. The molecule has 0 aliphatic carbocycles. The number of rotatable bonds is 3. The highest BCUT2D eigenvalue weighted by Gasteiger charge is 2.17. The first-order valence-electron chi connectivity index (χ1n) is 14.1. The number of aromatic nitrogens is 3. The molecule has 196 valence electrons. The van der Waals surface area contributed by atoms with Gasteiger partial charge in [-0.3, -0.25) is 0 Å². The Bertz CT molecular complexity index is 2470. The van der Waals surface area contributed by atoms with Crippen LogP contribution in [0.2, 0.25) is 0 Å². The number of hydrogen-bond donors (Lipinski definition) is 0. The molecule has 4 nitrogen and oxygen atoms in total. The van der Waals surface area contributed by atoms with E-state index < -0.39 is 0 Å². The number of para-hydroxylation sites is 3. The minimum atomic E-state index is 0.707. The van der Waals surface area contributed by atoms with E-state index in [1.807, 2.05) is 30.3 Å². The van der Waals surface area contributed by atoms with Crippen molar-refractivity contribution in [1.82, 2.24) is 14.5 Å². The molecule has 0 bridgehead atoms. The summed E-state index contributed by atoms with van der Waals surface area (Å²) in [6.45, 7) is 0. The van der Waals surface area contributed by atoms with E-state index in [0.29, 0.717) is 5.82 Å². The molecule has 0 amide bonds. The van der Waals surface area contributed by atoms with Crippen LogP contribution in [0.5, 0.6) is 0 Å². The zero-order valence-corrected chi connectivity index (χ0v) is 22.5. The van der Waals surface area contributed by atoms with Crippen molar-refractivity contribution in [2.75, 3.05) is 0 Å². The van der Waals surface area contributed by atoms with Gasteiger partial charge in [-0.2, -0.15) is 0 Å². The van der Waals surface area contributed by atoms with Gasteiger partial charge in [0.15, 0.2) is 5.82 Å². The van der Waals surface area contributed by atoms with E-state index >= 15 is 0 Å². The topological polar surface area (TPSA) is 43.9 Å². The lowest BCUT2D eigenvalue weighted by atomic mass is 10.1.